The zero-order chi connectivity index (χ0) is 22.4. The number of amides is 2. The van der Waals surface area contributed by atoms with Gasteiger partial charge in [0.05, 0.1) is 24.0 Å². The van der Waals surface area contributed by atoms with E-state index in [1.165, 1.54) is 5.56 Å². The molecule has 2 aromatic rings. The van der Waals surface area contributed by atoms with Gasteiger partial charge in [-0.25, -0.2) is 14.8 Å². The van der Waals surface area contributed by atoms with Crippen LogP contribution in [-0.2, 0) is 6.54 Å². The molecule has 170 valence electrons. The van der Waals surface area contributed by atoms with E-state index in [9.17, 15) is 4.79 Å². The number of benzene rings is 1. The van der Waals surface area contributed by atoms with Gasteiger partial charge in [-0.05, 0) is 36.7 Å². The van der Waals surface area contributed by atoms with Crippen LogP contribution in [0, 0.1) is 16.7 Å². The number of hydrogen-bond donors (Lipinski definition) is 1. The smallest absolute Gasteiger partial charge is 0.317 e. The maximum absolute atomic E-state index is 13.1. The fraction of sp³-hybridized carbons (Fsp3) is 0.520. The third-order valence-corrected chi connectivity index (χ3v) is 7.87. The monoisotopic (exact) mass is 443 g/mol. The van der Waals surface area contributed by atoms with Crippen molar-refractivity contribution in [3.8, 4) is 6.07 Å². The summed E-state index contributed by atoms with van der Waals surface area (Å²) in [6, 6.07) is 13.5. The number of rotatable bonds is 4. The summed E-state index contributed by atoms with van der Waals surface area (Å²) in [5, 5.41) is 12.3. The fourth-order valence-corrected chi connectivity index (χ4v) is 6.31. The topological polar surface area (TPSA) is 88.4 Å². The Kier molecular flexibility index (Phi) is 4.95. The lowest BCUT2D eigenvalue weighted by Crippen LogP contribution is -2.69. The second-order valence-corrected chi connectivity index (χ2v) is 10.3. The number of hydrogen-bond acceptors (Lipinski definition) is 6. The number of piperidine rings is 2. The molecule has 4 aliphatic heterocycles. The van der Waals surface area contributed by atoms with Crippen LogP contribution in [0.25, 0.3) is 0 Å². The summed E-state index contributed by atoms with van der Waals surface area (Å²) in [5.74, 6) is 0.662. The Hall–Kier alpha value is -3.18. The first kappa shape index (κ1) is 20.4. The highest BCUT2D eigenvalue weighted by Crippen LogP contribution is 2.48. The van der Waals surface area contributed by atoms with Crippen molar-refractivity contribution in [2.75, 3.05) is 31.1 Å². The average Bonchev–Trinajstić information content (AvgIpc) is 2.82. The molecule has 4 saturated heterocycles. The standard InChI is InChI=1S/C25H29N7O/c26-10-19-11-27-23(28-12-19)31-14-22-7-6-21(31)15-32(22)24(33)29-20-8-25(9-20)16-30(17-25)13-18-4-2-1-3-5-18/h1-5,11-12,20-22H,6-9,13-17H2,(H,29,33). The highest BCUT2D eigenvalue weighted by molar-refractivity contribution is 5.76. The highest BCUT2D eigenvalue weighted by Gasteiger charge is 2.53. The second-order valence-electron chi connectivity index (χ2n) is 10.3. The van der Waals surface area contributed by atoms with Gasteiger partial charge in [-0.3, -0.25) is 4.90 Å². The van der Waals surface area contributed by atoms with Gasteiger partial charge in [0.25, 0.3) is 0 Å². The van der Waals surface area contributed by atoms with Crippen LogP contribution < -0.4 is 10.2 Å². The van der Waals surface area contributed by atoms with Gasteiger partial charge in [-0.2, -0.15) is 5.26 Å². The van der Waals surface area contributed by atoms with Gasteiger partial charge in [-0.1, -0.05) is 30.3 Å². The number of urea groups is 1. The molecular weight excluding hydrogens is 414 g/mol. The molecule has 33 heavy (non-hydrogen) atoms. The first-order chi connectivity index (χ1) is 16.1. The van der Waals surface area contributed by atoms with Crippen molar-refractivity contribution in [2.45, 2.75) is 50.4 Å². The van der Waals surface area contributed by atoms with Gasteiger partial charge < -0.3 is 15.1 Å². The lowest BCUT2D eigenvalue weighted by Gasteiger charge is -2.59. The number of carbonyl (C=O) groups excluding carboxylic acids is 1. The molecule has 1 saturated carbocycles. The zero-order valence-electron chi connectivity index (χ0n) is 18.7. The number of aromatic nitrogens is 2. The van der Waals surface area contributed by atoms with Crippen molar-refractivity contribution < 1.29 is 4.79 Å². The Morgan fingerprint density at radius 3 is 2.48 bits per heavy atom. The molecule has 1 spiro atoms. The van der Waals surface area contributed by atoms with Crippen molar-refractivity contribution in [1.29, 1.82) is 5.26 Å². The van der Waals surface area contributed by atoms with E-state index in [0.29, 0.717) is 29.5 Å². The molecule has 2 bridgehead atoms. The van der Waals surface area contributed by atoms with Crippen LogP contribution in [-0.4, -0.2) is 70.1 Å². The number of anilines is 1. The molecule has 5 heterocycles. The summed E-state index contributed by atoms with van der Waals surface area (Å²) in [7, 11) is 0. The van der Waals surface area contributed by atoms with Gasteiger partial charge in [0, 0.05) is 44.8 Å². The minimum Gasteiger partial charge on any atom is -0.335 e. The van der Waals surface area contributed by atoms with E-state index in [1.807, 2.05) is 4.90 Å². The molecule has 1 aliphatic carbocycles. The fourth-order valence-electron chi connectivity index (χ4n) is 6.31. The minimum absolute atomic E-state index is 0.0883. The Bertz CT molecular complexity index is 1050. The average molecular weight is 444 g/mol. The minimum atomic E-state index is 0.0883. The van der Waals surface area contributed by atoms with Crippen LogP contribution in [0.3, 0.4) is 0 Å². The third-order valence-electron chi connectivity index (χ3n) is 7.87. The van der Waals surface area contributed by atoms with Gasteiger partial charge in [0.2, 0.25) is 5.95 Å². The van der Waals surface area contributed by atoms with Gasteiger partial charge in [0.15, 0.2) is 0 Å². The number of nitrogens with one attached hydrogen (secondary N) is 1. The molecule has 1 aromatic heterocycles. The Morgan fingerprint density at radius 2 is 1.82 bits per heavy atom. The predicted molar refractivity (Wildman–Crippen MR) is 123 cm³/mol. The normalized spacial score (nSPS) is 25.9. The number of carbonyl (C=O) groups is 1. The predicted octanol–water partition coefficient (Wildman–Crippen LogP) is 2.38. The molecule has 0 radical (unpaired) electrons. The van der Waals surface area contributed by atoms with Crippen LogP contribution in [0.4, 0.5) is 10.7 Å². The maximum atomic E-state index is 13.1. The maximum Gasteiger partial charge on any atom is 0.317 e. The number of piperazine rings is 1. The lowest BCUT2D eigenvalue weighted by atomic mass is 9.60. The van der Waals surface area contributed by atoms with E-state index < -0.39 is 0 Å². The van der Waals surface area contributed by atoms with Gasteiger partial charge in [-0.15, -0.1) is 0 Å². The van der Waals surface area contributed by atoms with E-state index in [2.05, 4.69) is 61.5 Å². The van der Waals surface area contributed by atoms with Crippen LogP contribution in [0.1, 0.15) is 36.8 Å². The molecule has 7 rings (SSSR count). The molecule has 2 amide bonds. The van der Waals surface area contributed by atoms with Crippen molar-refractivity contribution in [3.63, 3.8) is 0 Å². The Morgan fingerprint density at radius 1 is 1.09 bits per heavy atom. The third kappa shape index (κ3) is 3.80. The summed E-state index contributed by atoms with van der Waals surface area (Å²) in [6.45, 7) is 4.77. The van der Waals surface area contributed by atoms with E-state index in [-0.39, 0.29) is 18.1 Å². The summed E-state index contributed by atoms with van der Waals surface area (Å²) in [4.78, 5) is 28.5. The van der Waals surface area contributed by atoms with Crippen LogP contribution in [0.15, 0.2) is 42.7 Å². The Balaban J connectivity index is 0.985. The van der Waals surface area contributed by atoms with Crippen LogP contribution >= 0.6 is 0 Å². The van der Waals surface area contributed by atoms with Crippen LogP contribution in [0.5, 0.6) is 0 Å². The summed E-state index contributed by atoms with van der Waals surface area (Å²) < 4.78 is 0. The molecule has 2 unspecified atom stereocenters. The largest absolute Gasteiger partial charge is 0.335 e. The SMILES string of the molecule is N#Cc1cnc(N2CC3CCC2CN3C(=O)NC2CC3(C2)CN(Cc2ccccc2)C3)nc1. The van der Waals surface area contributed by atoms with E-state index in [1.54, 1.807) is 12.4 Å². The first-order valence-corrected chi connectivity index (χ1v) is 11.9. The summed E-state index contributed by atoms with van der Waals surface area (Å²) >= 11 is 0. The molecule has 1 aromatic carbocycles. The highest BCUT2D eigenvalue weighted by atomic mass is 16.2. The van der Waals surface area contributed by atoms with E-state index in [0.717, 1.165) is 51.9 Å². The molecular formula is C25H29N7O. The quantitative estimate of drug-likeness (QED) is 0.781. The van der Waals surface area contributed by atoms with Crippen molar-refractivity contribution in [3.05, 3.63) is 53.9 Å². The zero-order valence-corrected chi connectivity index (χ0v) is 18.7. The molecule has 2 atom stereocenters. The van der Waals surface area contributed by atoms with Crippen molar-refractivity contribution in [1.82, 2.24) is 25.1 Å². The second kappa shape index (κ2) is 7.99. The van der Waals surface area contributed by atoms with Crippen molar-refractivity contribution in [2.24, 2.45) is 5.41 Å². The van der Waals surface area contributed by atoms with E-state index in [4.69, 9.17) is 5.26 Å². The molecule has 1 N–H and O–H groups in total. The summed E-state index contributed by atoms with van der Waals surface area (Å²) in [5.41, 5.74) is 2.25. The van der Waals surface area contributed by atoms with E-state index >= 15 is 0 Å². The number of nitriles is 1. The number of likely N-dealkylation sites (tertiary alicyclic amines) is 1. The molecule has 5 fully saturated rings. The van der Waals surface area contributed by atoms with Crippen molar-refractivity contribution >= 4 is 12.0 Å². The summed E-state index contributed by atoms with van der Waals surface area (Å²) in [6.07, 6.45) is 7.40. The number of fused-ring (bicyclic) bond motifs is 3. The van der Waals surface area contributed by atoms with Gasteiger partial charge in [0.1, 0.15) is 6.07 Å². The Labute approximate surface area is 194 Å². The first-order valence-electron chi connectivity index (χ1n) is 11.9. The molecule has 8 heteroatoms. The number of nitrogens with zero attached hydrogens (tertiary/aromatic N) is 6. The van der Waals surface area contributed by atoms with Crippen LogP contribution in [0.2, 0.25) is 0 Å². The molecule has 5 aliphatic rings. The molecule has 8 nitrogen and oxygen atoms in total. The lowest BCUT2D eigenvalue weighted by molar-refractivity contribution is -0.0813. The van der Waals surface area contributed by atoms with Gasteiger partial charge >= 0.3 is 6.03 Å².